The second-order valence-corrected chi connectivity index (χ2v) is 5.71. The number of carbonyl (C=O) groups is 2. The molecule has 0 radical (unpaired) electrons. The summed E-state index contributed by atoms with van der Waals surface area (Å²) in [6, 6.07) is 14.1. The summed E-state index contributed by atoms with van der Waals surface area (Å²) >= 11 is 5.82. The van der Waals surface area contributed by atoms with Crippen molar-refractivity contribution in [2.45, 2.75) is 6.92 Å². The van der Waals surface area contributed by atoms with Crippen LogP contribution < -0.4 is 4.74 Å². The number of nitrogens with zero attached hydrogens (tertiary/aromatic N) is 1. The third kappa shape index (κ3) is 5.19. The average Bonchev–Trinajstić information content (AvgIpc) is 2.61. The smallest absolute Gasteiger partial charge is 0.341 e. The van der Waals surface area contributed by atoms with Gasteiger partial charge in [0, 0.05) is 11.6 Å². The third-order valence-corrected chi connectivity index (χ3v) is 3.57. The lowest BCUT2D eigenvalue weighted by molar-refractivity contribution is -0.139. The number of aromatic nitrogens is 1. The fraction of sp³-hybridized carbons (Fsp3) is 0.105. The molecule has 0 fully saturated rings. The third-order valence-electron chi connectivity index (χ3n) is 3.26. The van der Waals surface area contributed by atoms with Crippen LogP contribution in [0.3, 0.4) is 0 Å². The molecule has 7 heteroatoms. The minimum absolute atomic E-state index is 0.0640. The number of pyridine rings is 1. The minimum Gasteiger partial charge on any atom is -0.482 e. The van der Waals surface area contributed by atoms with Gasteiger partial charge in [0.1, 0.15) is 11.3 Å². The molecular weight excluding hydrogens is 358 g/mol. The van der Waals surface area contributed by atoms with Crippen LogP contribution in [-0.2, 0) is 4.79 Å². The number of benzene rings is 2. The molecule has 1 heterocycles. The maximum Gasteiger partial charge on any atom is 0.341 e. The molecule has 134 valence electrons. The van der Waals surface area contributed by atoms with Crippen molar-refractivity contribution in [1.82, 2.24) is 4.98 Å². The number of aryl methyl sites for hydroxylation is 1. The number of halogens is 1. The molecular formula is C19H16ClNO5. The van der Waals surface area contributed by atoms with Crippen LogP contribution in [0.25, 0.3) is 10.9 Å². The van der Waals surface area contributed by atoms with E-state index in [4.69, 9.17) is 26.6 Å². The Bertz CT molecular complexity index is 928. The van der Waals surface area contributed by atoms with Gasteiger partial charge in [0.25, 0.3) is 0 Å². The molecule has 0 atom stereocenters. The molecule has 3 aromatic rings. The zero-order valence-electron chi connectivity index (χ0n) is 13.8. The molecule has 2 aromatic carbocycles. The number of ether oxygens (including phenoxy) is 1. The van der Waals surface area contributed by atoms with Gasteiger partial charge in [-0.25, -0.2) is 9.59 Å². The van der Waals surface area contributed by atoms with Gasteiger partial charge in [-0.05, 0) is 36.8 Å². The van der Waals surface area contributed by atoms with E-state index in [2.05, 4.69) is 4.98 Å². The van der Waals surface area contributed by atoms with E-state index in [0.717, 1.165) is 10.9 Å². The average molecular weight is 374 g/mol. The van der Waals surface area contributed by atoms with Gasteiger partial charge in [0.15, 0.2) is 6.61 Å². The molecule has 0 spiro atoms. The first-order valence-corrected chi connectivity index (χ1v) is 7.94. The highest BCUT2D eigenvalue weighted by molar-refractivity contribution is 6.35. The predicted molar refractivity (Wildman–Crippen MR) is 98.0 cm³/mol. The molecule has 0 amide bonds. The molecule has 0 unspecified atom stereocenters. The minimum atomic E-state index is -1.05. The number of hydrogen-bond acceptors (Lipinski definition) is 4. The number of carboxylic acids is 2. The largest absolute Gasteiger partial charge is 0.482 e. The molecule has 26 heavy (non-hydrogen) atoms. The quantitative estimate of drug-likeness (QED) is 0.716. The van der Waals surface area contributed by atoms with Gasteiger partial charge in [-0.1, -0.05) is 35.9 Å². The van der Waals surface area contributed by atoms with E-state index in [1.54, 1.807) is 42.6 Å². The highest BCUT2D eigenvalue weighted by atomic mass is 35.5. The SMILES string of the molecule is Cc1cnc2c(C(=O)O)c(Cl)ccc2c1.O=C(O)COc1ccccc1. The Hall–Kier alpha value is -3.12. The highest BCUT2D eigenvalue weighted by Crippen LogP contribution is 2.25. The lowest BCUT2D eigenvalue weighted by atomic mass is 10.1. The number of fused-ring (bicyclic) bond motifs is 1. The lowest BCUT2D eigenvalue weighted by Crippen LogP contribution is -2.09. The second kappa shape index (κ2) is 8.82. The summed E-state index contributed by atoms with van der Waals surface area (Å²) in [5, 5.41) is 18.3. The fourth-order valence-electron chi connectivity index (χ4n) is 2.15. The zero-order valence-corrected chi connectivity index (χ0v) is 14.6. The first-order valence-electron chi connectivity index (χ1n) is 7.56. The van der Waals surface area contributed by atoms with Crippen molar-refractivity contribution in [2.75, 3.05) is 6.61 Å². The number of aromatic carboxylic acids is 1. The monoisotopic (exact) mass is 373 g/mol. The van der Waals surface area contributed by atoms with E-state index in [9.17, 15) is 9.59 Å². The second-order valence-electron chi connectivity index (χ2n) is 5.31. The Morgan fingerprint density at radius 3 is 2.42 bits per heavy atom. The summed E-state index contributed by atoms with van der Waals surface area (Å²) in [5.41, 5.74) is 1.48. The van der Waals surface area contributed by atoms with E-state index < -0.39 is 11.9 Å². The first kappa shape index (κ1) is 19.2. The van der Waals surface area contributed by atoms with Crippen molar-refractivity contribution >= 4 is 34.4 Å². The summed E-state index contributed by atoms with van der Waals surface area (Å²) in [4.78, 5) is 25.1. The molecule has 6 nitrogen and oxygen atoms in total. The van der Waals surface area contributed by atoms with Gasteiger partial charge in [-0.3, -0.25) is 4.98 Å². The van der Waals surface area contributed by atoms with Gasteiger partial charge >= 0.3 is 11.9 Å². The van der Waals surface area contributed by atoms with Crippen LogP contribution in [0.15, 0.2) is 54.7 Å². The first-order chi connectivity index (χ1) is 12.4. The van der Waals surface area contributed by atoms with Gasteiger partial charge < -0.3 is 14.9 Å². The van der Waals surface area contributed by atoms with Gasteiger partial charge in [-0.2, -0.15) is 0 Å². The van der Waals surface area contributed by atoms with E-state index >= 15 is 0 Å². The lowest BCUT2D eigenvalue weighted by Gasteiger charge is -2.04. The molecule has 0 aliphatic carbocycles. The summed E-state index contributed by atoms with van der Waals surface area (Å²) in [6.07, 6.45) is 1.63. The van der Waals surface area contributed by atoms with Gasteiger partial charge in [-0.15, -0.1) is 0 Å². The Balaban J connectivity index is 0.000000197. The zero-order chi connectivity index (χ0) is 19.1. The van der Waals surface area contributed by atoms with Gasteiger partial charge in [0.2, 0.25) is 0 Å². The maximum atomic E-state index is 11.0. The normalized spacial score (nSPS) is 9.92. The Kier molecular flexibility index (Phi) is 6.52. The number of rotatable bonds is 4. The number of hydrogen-bond donors (Lipinski definition) is 2. The van der Waals surface area contributed by atoms with E-state index in [1.807, 2.05) is 19.1 Å². The van der Waals surface area contributed by atoms with E-state index in [0.29, 0.717) is 11.3 Å². The molecule has 0 saturated carbocycles. The number of para-hydroxylation sites is 1. The Labute approximate surface area is 154 Å². The molecule has 3 rings (SSSR count). The van der Waals surface area contributed by atoms with Crippen LogP contribution >= 0.6 is 11.6 Å². The van der Waals surface area contributed by atoms with Crippen LogP contribution in [-0.4, -0.2) is 33.7 Å². The predicted octanol–water partition coefficient (Wildman–Crippen LogP) is 4.04. The molecule has 2 N–H and O–H groups in total. The van der Waals surface area contributed by atoms with Crippen molar-refractivity contribution in [3.63, 3.8) is 0 Å². The molecule has 0 aliphatic rings. The fourth-order valence-corrected chi connectivity index (χ4v) is 2.39. The molecule has 0 saturated heterocycles. The Morgan fingerprint density at radius 1 is 1.12 bits per heavy atom. The molecule has 0 bridgehead atoms. The van der Waals surface area contributed by atoms with Crippen LogP contribution in [0.5, 0.6) is 5.75 Å². The number of carboxylic acid groups (broad SMARTS) is 2. The van der Waals surface area contributed by atoms with E-state index in [-0.39, 0.29) is 17.2 Å². The Morgan fingerprint density at radius 2 is 1.81 bits per heavy atom. The van der Waals surface area contributed by atoms with E-state index in [1.165, 1.54) is 0 Å². The standard InChI is InChI=1S/C11H8ClNO2.C8H8O3/c1-6-4-7-2-3-8(12)9(11(14)15)10(7)13-5-6;9-8(10)6-11-7-4-2-1-3-5-7/h2-5H,1H3,(H,14,15);1-5H,6H2,(H,9,10). The van der Waals surface area contributed by atoms with Crippen LogP contribution in [0.4, 0.5) is 0 Å². The van der Waals surface area contributed by atoms with Crippen molar-refractivity contribution in [2.24, 2.45) is 0 Å². The van der Waals surface area contributed by atoms with Crippen molar-refractivity contribution in [3.05, 3.63) is 70.9 Å². The van der Waals surface area contributed by atoms with Crippen molar-refractivity contribution < 1.29 is 24.5 Å². The van der Waals surface area contributed by atoms with Crippen molar-refractivity contribution in [3.8, 4) is 5.75 Å². The molecule has 1 aromatic heterocycles. The van der Waals surface area contributed by atoms with Crippen molar-refractivity contribution in [1.29, 1.82) is 0 Å². The topological polar surface area (TPSA) is 96.7 Å². The maximum absolute atomic E-state index is 11.0. The summed E-state index contributed by atoms with van der Waals surface area (Å²) < 4.78 is 4.87. The summed E-state index contributed by atoms with van der Waals surface area (Å²) in [7, 11) is 0. The molecule has 0 aliphatic heterocycles. The van der Waals surface area contributed by atoms with Crippen LogP contribution in [0.2, 0.25) is 5.02 Å². The van der Waals surface area contributed by atoms with Crippen LogP contribution in [0.1, 0.15) is 15.9 Å². The van der Waals surface area contributed by atoms with Crippen LogP contribution in [0, 0.1) is 6.92 Å². The summed E-state index contributed by atoms with van der Waals surface area (Å²) in [5.74, 6) is -1.44. The number of aliphatic carboxylic acids is 1. The van der Waals surface area contributed by atoms with Gasteiger partial charge in [0.05, 0.1) is 10.5 Å². The highest BCUT2D eigenvalue weighted by Gasteiger charge is 2.14. The summed E-state index contributed by atoms with van der Waals surface area (Å²) in [6.45, 7) is 1.62.